The Kier molecular flexibility index (Phi) is 5.66. The van der Waals surface area contributed by atoms with Crippen LogP contribution in [0.1, 0.15) is 21.7 Å². The average Bonchev–Trinajstić information content (AvgIpc) is 2.98. The largest absolute Gasteiger partial charge is 0.492 e. The van der Waals surface area contributed by atoms with Crippen LogP contribution in [-0.4, -0.2) is 25.3 Å². The van der Waals surface area contributed by atoms with Crippen LogP contribution in [0.15, 0.2) is 52.9 Å². The molecule has 0 bridgehead atoms. The van der Waals surface area contributed by atoms with Crippen LogP contribution in [0.2, 0.25) is 0 Å². The maximum atomic E-state index is 12.5. The lowest BCUT2D eigenvalue weighted by molar-refractivity contribution is 0.0920. The predicted octanol–water partition coefficient (Wildman–Crippen LogP) is 4.41. The van der Waals surface area contributed by atoms with E-state index in [1.54, 1.807) is 11.8 Å². The highest BCUT2D eigenvalue weighted by atomic mass is 32.2. The maximum absolute atomic E-state index is 12.5. The fourth-order valence-electron chi connectivity index (χ4n) is 2.69. The van der Waals surface area contributed by atoms with Gasteiger partial charge in [-0.05, 0) is 36.9 Å². The van der Waals surface area contributed by atoms with Crippen LogP contribution < -0.4 is 10.1 Å². The van der Waals surface area contributed by atoms with E-state index in [0.717, 1.165) is 33.6 Å². The van der Waals surface area contributed by atoms with E-state index in [9.17, 15) is 4.79 Å². The van der Waals surface area contributed by atoms with E-state index in [1.807, 2.05) is 61.7 Å². The molecular formula is C20H21NO3S. The first-order valence-corrected chi connectivity index (χ1v) is 9.55. The molecule has 1 aromatic heterocycles. The Bertz CT molecular complexity index is 872. The summed E-state index contributed by atoms with van der Waals surface area (Å²) in [6.45, 7) is 2.85. The molecule has 0 saturated heterocycles. The number of amides is 1. The Morgan fingerprint density at radius 1 is 1.20 bits per heavy atom. The number of hydrogen-bond acceptors (Lipinski definition) is 4. The number of furan rings is 1. The summed E-state index contributed by atoms with van der Waals surface area (Å²) < 4.78 is 11.4. The first kappa shape index (κ1) is 17.4. The molecule has 0 spiro atoms. The normalized spacial score (nSPS) is 10.8. The van der Waals surface area contributed by atoms with Gasteiger partial charge in [0.25, 0.3) is 5.91 Å². The van der Waals surface area contributed by atoms with Crippen LogP contribution in [0.5, 0.6) is 5.75 Å². The van der Waals surface area contributed by atoms with Crippen molar-refractivity contribution in [1.29, 1.82) is 0 Å². The van der Waals surface area contributed by atoms with Gasteiger partial charge in [0.2, 0.25) is 0 Å². The Labute approximate surface area is 151 Å². The second-order valence-corrected chi connectivity index (χ2v) is 6.63. The summed E-state index contributed by atoms with van der Waals surface area (Å²) in [5.74, 6) is 1.74. The highest BCUT2D eigenvalue weighted by Crippen LogP contribution is 2.28. The third-order valence-corrected chi connectivity index (χ3v) is 4.42. The van der Waals surface area contributed by atoms with Gasteiger partial charge in [-0.2, -0.15) is 11.8 Å². The lowest BCUT2D eigenvalue weighted by atomic mass is 10.1. The van der Waals surface area contributed by atoms with Crippen molar-refractivity contribution in [2.75, 3.05) is 19.4 Å². The van der Waals surface area contributed by atoms with Crippen molar-refractivity contribution in [2.24, 2.45) is 0 Å². The van der Waals surface area contributed by atoms with Crippen molar-refractivity contribution in [3.05, 3.63) is 65.4 Å². The summed E-state index contributed by atoms with van der Waals surface area (Å²) in [5.41, 5.74) is 2.83. The van der Waals surface area contributed by atoms with Crippen molar-refractivity contribution >= 4 is 28.6 Å². The molecule has 0 atom stereocenters. The zero-order chi connectivity index (χ0) is 17.6. The van der Waals surface area contributed by atoms with E-state index in [4.69, 9.17) is 9.15 Å². The quantitative estimate of drug-likeness (QED) is 0.638. The minimum absolute atomic E-state index is 0.201. The number of benzene rings is 2. The molecule has 0 aliphatic carbocycles. The van der Waals surface area contributed by atoms with E-state index < -0.39 is 0 Å². The van der Waals surface area contributed by atoms with Gasteiger partial charge in [-0.1, -0.05) is 30.3 Å². The summed E-state index contributed by atoms with van der Waals surface area (Å²) in [7, 11) is 0. The first-order chi connectivity index (χ1) is 12.2. The third kappa shape index (κ3) is 4.17. The SMILES string of the molecule is CSCc1c(C(=O)NCCOc2cccc(C)c2)oc2ccccc12. The maximum Gasteiger partial charge on any atom is 0.287 e. The third-order valence-electron chi connectivity index (χ3n) is 3.84. The summed E-state index contributed by atoms with van der Waals surface area (Å²) in [6, 6.07) is 15.6. The molecule has 3 aromatic rings. The molecule has 0 saturated carbocycles. The van der Waals surface area contributed by atoms with Gasteiger partial charge in [0.15, 0.2) is 5.76 Å². The molecule has 0 radical (unpaired) electrons. The van der Waals surface area contributed by atoms with Gasteiger partial charge in [0.1, 0.15) is 17.9 Å². The highest BCUT2D eigenvalue weighted by molar-refractivity contribution is 7.97. The van der Waals surface area contributed by atoms with Gasteiger partial charge in [-0.15, -0.1) is 0 Å². The minimum Gasteiger partial charge on any atom is -0.492 e. The molecule has 0 fully saturated rings. The van der Waals surface area contributed by atoms with Crippen molar-refractivity contribution in [3.8, 4) is 5.75 Å². The van der Waals surface area contributed by atoms with Crippen LogP contribution in [-0.2, 0) is 5.75 Å². The van der Waals surface area contributed by atoms with E-state index in [2.05, 4.69) is 5.32 Å². The minimum atomic E-state index is -0.201. The predicted molar refractivity (Wildman–Crippen MR) is 102 cm³/mol. The van der Waals surface area contributed by atoms with Crippen molar-refractivity contribution in [3.63, 3.8) is 0 Å². The van der Waals surface area contributed by atoms with Crippen LogP contribution in [0.4, 0.5) is 0 Å². The smallest absolute Gasteiger partial charge is 0.287 e. The number of ether oxygens (including phenoxy) is 1. The Balaban J connectivity index is 1.63. The number of rotatable bonds is 7. The second-order valence-electron chi connectivity index (χ2n) is 5.76. The molecule has 5 heteroatoms. The lowest BCUT2D eigenvalue weighted by Gasteiger charge is -2.08. The fraction of sp³-hybridized carbons (Fsp3) is 0.250. The van der Waals surface area contributed by atoms with Gasteiger partial charge in [-0.3, -0.25) is 4.79 Å². The molecule has 0 aliphatic heterocycles. The Morgan fingerprint density at radius 2 is 2.04 bits per heavy atom. The molecule has 1 amide bonds. The molecular weight excluding hydrogens is 334 g/mol. The average molecular weight is 355 g/mol. The lowest BCUT2D eigenvalue weighted by Crippen LogP contribution is -2.28. The standard InChI is InChI=1S/C20H21NO3S/c1-14-6-5-7-15(12-14)23-11-10-21-20(22)19-17(13-25-2)16-8-3-4-9-18(16)24-19/h3-9,12H,10-11,13H2,1-2H3,(H,21,22). The number of para-hydroxylation sites is 1. The molecule has 2 aromatic carbocycles. The summed E-state index contributed by atoms with van der Waals surface area (Å²) in [5, 5.41) is 3.87. The molecule has 25 heavy (non-hydrogen) atoms. The summed E-state index contributed by atoms with van der Waals surface area (Å²) in [4.78, 5) is 12.5. The van der Waals surface area contributed by atoms with Crippen molar-refractivity contribution in [2.45, 2.75) is 12.7 Å². The van der Waals surface area contributed by atoms with Crippen LogP contribution in [0.25, 0.3) is 11.0 Å². The Morgan fingerprint density at radius 3 is 2.84 bits per heavy atom. The van der Waals surface area contributed by atoms with E-state index in [0.29, 0.717) is 18.9 Å². The monoisotopic (exact) mass is 355 g/mol. The molecule has 130 valence electrons. The zero-order valence-corrected chi connectivity index (χ0v) is 15.2. The van der Waals surface area contributed by atoms with Gasteiger partial charge in [0.05, 0.1) is 6.54 Å². The van der Waals surface area contributed by atoms with Crippen molar-refractivity contribution in [1.82, 2.24) is 5.32 Å². The number of nitrogens with one attached hydrogen (secondary N) is 1. The zero-order valence-electron chi connectivity index (χ0n) is 14.4. The molecule has 1 N–H and O–H groups in total. The number of aryl methyl sites for hydroxylation is 1. The van der Waals surface area contributed by atoms with Gasteiger partial charge in [0, 0.05) is 16.7 Å². The first-order valence-electron chi connectivity index (χ1n) is 8.16. The van der Waals surface area contributed by atoms with Crippen LogP contribution in [0, 0.1) is 6.92 Å². The number of carbonyl (C=O) groups excluding carboxylic acids is 1. The van der Waals surface area contributed by atoms with Gasteiger partial charge in [-0.25, -0.2) is 0 Å². The van der Waals surface area contributed by atoms with Crippen LogP contribution in [0.3, 0.4) is 0 Å². The molecule has 4 nitrogen and oxygen atoms in total. The second kappa shape index (κ2) is 8.12. The highest BCUT2D eigenvalue weighted by Gasteiger charge is 2.19. The number of thioether (sulfide) groups is 1. The van der Waals surface area contributed by atoms with E-state index in [1.165, 1.54) is 0 Å². The molecule has 0 unspecified atom stereocenters. The molecule has 3 rings (SSSR count). The molecule has 0 aliphatic rings. The fourth-order valence-corrected chi connectivity index (χ4v) is 3.26. The number of hydrogen-bond donors (Lipinski definition) is 1. The van der Waals surface area contributed by atoms with E-state index >= 15 is 0 Å². The van der Waals surface area contributed by atoms with Crippen LogP contribution >= 0.6 is 11.8 Å². The summed E-state index contributed by atoms with van der Waals surface area (Å²) >= 11 is 1.67. The van der Waals surface area contributed by atoms with Gasteiger partial charge < -0.3 is 14.5 Å². The topological polar surface area (TPSA) is 51.5 Å². The van der Waals surface area contributed by atoms with E-state index in [-0.39, 0.29) is 5.91 Å². The summed E-state index contributed by atoms with van der Waals surface area (Å²) in [6.07, 6.45) is 2.01. The number of carbonyl (C=O) groups is 1. The Hall–Kier alpha value is -2.40. The van der Waals surface area contributed by atoms with Gasteiger partial charge >= 0.3 is 0 Å². The molecule has 1 heterocycles. The van der Waals surface area contributed by atoms with Crippen molar-refractivity contribution < 1.29 is 13.9 Å². The number of fused-ring (bicyclic) bond motifs is 1.